The zero-order chi connectivity index (χ0) is 12.8. The molecule has 1 saturated heterocycles. The van der Waals surface area contributed by atoms with Crippen LogP contribution in [0.1, 0.15) is 26.2 Å². The maximum absolute atomic E-state index is 9.64. The summed E-state index contributed by atoms with van der Waals surface area (Å²) in [5, 5.41) is 37.6. The smallest absolute Gasteiger partial charge is 0.186 e. The van der Waals surface area contributed by atoms with Crippen molar-refractivity contribution in [1.29, 1.82) is 0 Å². The molecule has 0 saturated carbocycles. The van der Waals surface area contributed by atoms with Crippen LogP contribution in [0.15, 0.2) is 0 Å². The molecular formula is C11H22O6. The molecule has 1 heterocycles. The van der Waals surface area contributed by atoms with Gasteiger partial charge in [0.15, 0.2) is 6.29 Å². The van der Waals surface area contributed by atoms with Gasteiger partial charge in [0.25, 0.3) is 0 Å². The van der Waals surface area contributed by atoms with Gasteiger partial charge in [0.2, 0.25) is 0 Å². The molecule has 1 aliphatic heterocycles. The lowest BCUT2D eigenvalue weighted by Gasteiger charge is -2.39. The number of rotatable bonds is 6. The van der Waals surface area contributed by atoms with Crippen LogP contribution in [0.3, 0.4) is 0 Å². The van der Waals surface area contributed by atoms with Gasteiger partial charge in [-0.15, -0.1) is 0 Å². The molecule has 0 bridgehead atoms. The summed E-state index contributed by atoms with van der Waals surface area (Å²) in [4.78, 5) is 0. The average Bonchev–Trinajstić information content (AvgIpc) is 2.34. The van der Waals surface area contributed by atoms with Gasteiger partial charge in [-0.3, -0.25) is 0 Å². The number of aliphatic hydroxyl groups is 4. The molecule has 1 rings (SSSR count). The van der Waals surface area contributed by atoms with Crippen LogP contribution < -0.4 is 0 Å². The van der Waals surface area contributed by atoms with Gasteiger partial charge in [0.1, 0.15) is 24.4 Å². The lowest BCUT2D eigenvalue weighted by Crippen LogP contribution is -2.59. The quantitative estimate of drug-likeness (QED) is 0.451. The van der Waals surface area contributed by atoms with Gasteiger partial charge in [-0.1, -0.05) is 19.8 Å². The van der Waals surface area contributed by atoms with Crippen molar-refractivity contribution in [3.63, 3.8) is 0 Å². The summed E-state index contributed by atoms with van der Waals surface area (Å²) in [6, 6.07) is 0. The van der Waals surface area contributed by atoms with Gasteiger partial charge >= 0.3 is 0 Å². The maximum Gasteiger partial charge on any atom is 0.186 e. The van der Waals surface area contributed by atoms with Crippen LogP contribution in [0, 0.1) is 0 Å². The van der Waals surface area contributed by atoms with E-state index in [9.17, 15) is 15.3 Å². The van der Waals surface area contributed by atoms with Crippen LogP contribution in [0.4, 0.5) is 0 Å². The molecule has 6 nitrogen and oxygen atoms in total. The minimum absolute atomic E-state index is 0.413. The first-order valence-corrected chi connectivity index (χ1v) is 6.04. The van der Waals surface area contributed by atoms with Gasteiger partial charge in [0.05, 0.1) is 6.61 Å². The van der Waals surface area contributed by atoms with E-state index in [4.69, 9.17) is 14.6 Å². The van der Waals surface area contributed by atoms with E-state index in [0.717, 1.165) is 19.3 Å². The Balaban J connectivity index is 2.42. The fourth-order valence-electron chi connectivity index (χ4n) is 1.76. The highest BCUT2D eigenvalue weighted by molar-refractivity contribution is 4.88. The van der Waals surface area contributed by atoms with E-state index in [0.29, 0.717) is 6.61 Å². The molecule has 1 aliphatic rings. The van der Waals surface area contributed by atoms with E-state index in [1.54, 1.807) is 0 Å². The third kappa shape index (κ3) is 3.87. The van der Waals surface area contributed by atoms with E-state index in [-0.39, 0.29) is 0 Å². The third-order valence-corrected chi connectivity index (χ3v) is 2.88. The van der Waals surface area contributed by atoms with Gasteiger partial charge in [0, 0.05) is 6.61 Å². The fraction of sp³-hybridized carbons (Fsp3) is 1.00. The van der Waals surface area contributed by atoms with Crippen LogP contribution >= 0.6 is 0 Å². The lowest BCUT2D eigenvalue weighted by atomic mass is 9.99. The monoisotopic (exact) mass is 250 g/mol. The van der Waals surface area contributed by atoms with Crippen molar-refractivity contribution in [3.8, 4) is 0 Å². The Morgan fingerprint density at radius 2 is 1.76 bits per heavy atom. The summed E-state index contributed by atoms with van der Waals surface area (Å²) in [7, 11) is 0. The van der Waals surface area contributed by atoms with Gasteiger partial charge < -0.3 is 29.9 Å². The second kappa shape index (κ2) is 7.25. The van der Waals surface area contributed by atoms with Crippen molar-refractivity contribution in [1.82, 2.24) is 0 Å². The fourth-order valence-corrected chi connectivity index (χ4v) is 1.76. The minimum atomic E-state index is -1.36. The van der Waals surface area contributed by atoms with Crippen LogP contribution in [0.5, 0.6) is 0 Å². The molecule has 0 aromatic rings. The van der Waals surface area contributed by atoms with E-state index in [1.807, 2.05) is 0 Å². The minimum Gasteiger partial charge on any atom is -0.394 e. The molecule has 0 spiro atoms. The maximum atomic E-state index is 9.64. The first-order chi connectivity index (χ1) is 8.11. The molecule has 0 radical (unpaired) electrons. The third-order valence-electron chi connectivity index (χ3n) is 2.88. The van der Waals surface area contributed by atoms with Gasteiger partial charge in [-0.2, -0.15) is 0 Å². The Morgan fingerprint density at radius 3 is 2.35 bits per heavy atom. The molecule has 4 N–H and O–H groups in total. The van der Waals surface area contributed by atoms with Crippen molar-refractivity contribution in [2.24, 2.45) is 0 Å². The standard InChI is InChI=1S/C11H22O6/c1-2-3-4-5-16-11-10(15)9(14)8(13)7(6-12)17-11/h7-15H,2-6H2,1H3/t7-,8+,9+,10-,11?/m1/s1. The van der Waals surface area contributed by atoms with Crippen LogP contribution in [-0.2, 0) is 9.47 Å². The van der Waals surface area contributed by atoms with Crippen LogP contribution in [-0.4, -0.2) is 64.3 Å². The van der Waals surface area contributed by atoms with Crippen LogP contribution in [0.2, 0.25) is 0 Å². The van der Waals surface area contributed by atoms with E-state index in [2.05, 4.69) is 6.92 Å². The summed E-state index contributed by atoms with van der Waals surface area (Å²) in [5.74, 6) is 0. The highest BCUT2D eigenvalue weighted by Gasteiger charge is 2.43. The zero-order valence-electron chi connectivity index (χ0n) is 10.0. The van der Waals surface area contributed by atoms with Crippen molar-refractivity contribution in [2.45, 2.75) is 56.9 Å². The first-order valence-electron chi connectivity index (χ1n) is 6.04. The first kappa shape index (κ1) is 14.8. The Bertz CT molecular complexity index is 210. The summed E-state index contributed by atoms with van der Waals surface area (Å²) in [6.07, 6.45) is -2.98. The van der Waals surface area contributed by atoms with Crippen LogP contribution in [0.25, 0.3) is 0 Å². The normalized spacial score (nSPS) is 38.3. The number of hydrogen-bond acceptors (Lipinski definition) is 6. The van der Waals surface area contributed by atoms with Crippen molar-refractivity contribution in [3.05, 3.63) is 0 Å². The summed E-state index contributed by atoms with van der Waals surface area (Å²) in [5.41, 5.74) is 0. The molecule has 0 aromatic heterocycles. The van der Waals surface area contributed by atoms with Crippen molar-refractivity contribution < 1.29 is 29.9 Å². The Labute approximate surface area is 101 Å². The highest BCUT2D eigenvalue weighted by Crippen LogP contribution is 2.22. The molecule has 1 fully saturated rings. The Hall–Kier alpha value is -0.240. The van der Waals surface area contributed by atoms with Gasteiger partial charge in [-0.25, -0.2) is 0 Å². The lowest BCUT2D eigenvalue weighted by molar-refractivity contribution is -0.301. The summed E-state index contributed by atoms with van der Waals surface area (Å²) in [6.45, 7) is 2.05. The summed E-state index contributed by atoms with van der Waals surface area (Å²) >= 11 is 0. The predicted octanol–water partition coefficient (Wildman–Crippen LogP) is -1.01. The Kier molecular flexibility index (Phi) is 6.32. The molecule has 0 aliphatic carbocycles. The Morgan fingerprint density at radius 1 is 1.06 bits per heavy atom. The zero-order valence-corrected chi connectivity index (χ0v) is 10.0. The van der Waals surface area contributed by atoms with E-state index >= 15 is 0 Å². The average molecular weight is 250 g/mol. The topological polar surface area (TPSA) is 99.4 Å². The number of unbranched alkanes of at least 4 members (excludes halogenated alkanes) is 2. The largest absolute Gasteiger partial charge is 0.394 e. The van der Waals surface area contributed by atoms with E-state index in [1.165, 1.54) is 0 Å². The number of ether oxygens (including phenoxy) is 2. The molecule has 17 heavy (non-hydrogen) atoms. The van der Waals surface area contributed by atoms with Crippen molar-refractivity contribution in [2.75, 3.05) is 13.2 Å². The molecule has 5 atom stereocenters. The molecule has 0 aromatic carbocycles. The molecular weight excluding hydrogens is 228 g/mol. The second-order valence-electron chi connectivity index (χ2n) is 4.28. The predicted molar refractivity (Wildman–Crippen MR) is 59.2 cm³/mol. The molecule has 0 amide bonds. The SMILES string of the molecule is CCCCCOC1O[C@H](CO)[C@H](O)[C@H](O)[C@H]1O. The molecule has 102 valence electrons. The molecule has 1 unspecified atom stereocenters. The van der Waals surface area contributed by atoms with Gasteiger partial charge in [-0.05, 0) is 6.42 Å². The number of aliphatic hydroxyl groups excluding tert-OH is 4. The summed E-state index contributed by atoms with van der Waals surface area (Å²) < 4.78 is 10.5. The number of hydrogen-bond donors (Lipinski definition) is 4. The highest BCUT2D eigenvalue weighted by atomic mass is 16.7. The van der Waals surface area contributed by atoms with E-state index < -0.39 is 37.3 Å². The van der Waals surface area contributed by atoms with Crippen molar-refractivity contribution >= 4 is 0 Å². The second-order valence-corrected chi connectivity index (χ2v) is 4.28. The molecule has 6 heteroatoms.